The van der Waals surface area contributed by atoms with Crippen molar-refractivity contribution in [3.05, 3.63) is 53.9 Å². The van der Waals surface area contributed by atoms with Crippen molar-refractivity contribution >= 4 is 30.8 Å². The normalized spacial score (nSPS) is 15.2. The number of benzene rings is 1. The van der Waals surface area contributed by atoms with E-state index in [9.17, 15) is 4.79 Å². The number of aromatic nitrogens is 3. The number of hydrogen-bond donors (Lipinski definition) is 1. The zero-order valence-electron chi connectivity index (χ0n) is 18.1. The SMILES string of the molecule is C[C@H](c1ccccc1)N1Cc2nc3cnn(COCC[Si](C)(C)C)c3cc2NC1=O. The number of ether oxygens (including phenoxy) is 1. The smallest absolute Gasteiger partial charge is 0.322 e. The Labute approximate surface area is 178 Å². The fraction of sp³-hybridized carbons (Fsp3) is 0.409. The Balaban J connectivity index is 1.51. The second-order valence-electron chi connectivity index (χ2n) is 9.02. The van der Waals surface area contributed by atoms with Gasteiger partial charge in [-0.05, 0) is 24.6 Å². The monoisotopic (exact) mass is 423 g/mol. The van der Waals surface area contributed by atoms with Crippen LogP contribution in [0.3, 0.4) is 0 Å². The number of nitrogens with zero attached hydrogens (tertiary/aromatic N) is 4. The van der Waals surface area contributed by atoms with Crippen molar-refractivity contribution in [2.45, 2.75) is 51.9 Å². The average Bonchev–Trinajstić information content (AvgIpc) is 3.10. The predicted molar refractivity (Wildman–Crippen MR) is 121 cm³/mol. The van der Waals surface area contributed by atoms with Crippen molar-refractivity contribution in [3.63, 3.8) is 0 Å². The molecule has 1 aromatic carbocycles. The van der Waals surface area contributed by atoms with E-state index in [-0.39, 0.29) is 12.1 Å². The van der Waals surface area contributed by atoms with Gasteiger partial charge in [-0.15, -0.1) is 0 Å². The summed E-state index contributed by atoms with van der Waals surface area (Å²) in [6.45, 7) is 10.6. The lowest BCUT2D eigenvalue weighted by molar-refractivity contribution is 0.0817. The number of rotatable bonds is 7. The highest BCUT2D eigenvalue weighted by Gasteiger charge is 2.29. The van der Waals surface area contributed by atoms with Crippen LogP contribution in [0.5, 0.6) is 0 Å². The minimum absolute atomic E-state index is 0.0423. The summed E-state index contributed by atoms with van der Waals surface area (Å²) in [5, 5.41) is 7.44. The van der Waals surface area contributed by atoms with E-state index in [4.69, 9.17) is 9.72 Å². The van der Waals surface area contributed by atoms with Crippen LogP contribution in [0.2, 0.25) is 25.7 Å². The van der Waals surface area contributed by atoms with Gasteiger partial charge in [-0.25, -0.2) is 14.5 Å². The van der Waals surface area contributed by atoms with Crippen LogP contribution in [-0.4, -0.2) is 40.4 Å². The predicted octanol–water partition coefficient (Wildman–Crippen LogP) is 4.85. The van der Waals surface area contributed by atoms with Gasteiger partial charge in [0.1, 0.15) is 12.2 Å². The maximum absolute atomic E-state index is 12.8. The molecule has 7 nitrogen and oxygen atoms in total. The lowest BCUT2D eigenvalue weighted by atomic mass is 10.1. The van der Waals surface area contributed by atoms with Crippen LogP contribution in [0.4, 0.5) is 10.5 Å². The average molecular weight is 424 g/mol. The molecule has 3 heterocycles. The van der Waals surface area contributed by atoms with E-state index < -0.39 is 8.07 Å². The van der Waals surface area contributed by atoms with E-state index in [0.717, 1.165) is 40.6 Å². The molecule has 3 aromatic rings. The van der Waals surface area contributed by atoms with Crippen LogP contribution in [0, 0.1) is 0 Å². The molecule has 0 bridgehead atoms. The quantitative estimate of drug-likeness (QED) is 0.435. The maximum atomic E-state index is 12.8. The fourth-order valence-electron chi connectivity index (χ4n) is 3.55. The van der Waals surface area contributed by atoms with Gasteiger partial charge < -0.3 is 15.0 Å². The zero-order valence-corrected chi connectivity index (χ0v) is 19.1. The number of urea groups is 1. The van der Waals surface area contributed by atoms with Crippen molar-refractivity contribution in [2.75, 3.05) is 11.9 Å². The van der Waals surface area contributed by atoms with Gasteiger partial charge in [0, 0.05) is 14.7 Å². The zero-order chi connectivity index (χ0) is 21.3. The van der Waals surface area contributed by atoms with Crippen LogP contribution < -0.4 is 5.32 Å². The third-order valence-electron chi connectivity index (χ3n) is 5.49. The van der Waals surface area contributed by atoms with Crippen LogP contribution in [0.1, 0.15) is 24.2 Å². The third-order valence-corrected chi connectivity index (χ3v) is 7.19. The molecule has 8 heteroatoms. The summed E-state index contributed by atoms with van der Waals surface area (Å²) in [5.41, 5.74) is 4.37. The molecular formula is C22H29N5O2Si. The number of fused-ring (bicyclic) bond motifs is 2. The van der Waals surface area contributed by atoms with Crippen LogP contribution >= 0.6 is 0 Å². The topological polar surface area (TPSA) is 72.3 Å². The standard InChI is InChI=1S/C22H29N5O2Si/c1-16(17-8-6-5-7-9-17)26-14-20-18(25-22(26)28)12-21-19(24-20)13-23-27(21)15-29-10-11-30(2,3)4/h5-9,12-13,16H,10-11,14-15H2,1-4H3,(H,25,28)/t16-/m1/s1. The summed E-state index contributed by atoms with van der Waals surface area (Å²) >= 11 is 0. The Morgan fingerprint density at radius 3 is 2.73 bits per heavy atom. The molecule has 1 atom stereocenters. The van der Waals surface area contributed by atoms with Gasteiger partial charge in [0.2, 0.25) is 0 Å². The molecule has 0 saturated carbocycles. The first-order valence-corrected chi connectivity index (χ1v) is 14.1. The molecule has 30 heavy (non-hydrogen) atoms. The summed E-state index contributed by atoms with van der Waals surface area (Å²) in [5.74, 6) is 0. The Morgan fingerprint density at radius 1 is 1.23 bits per heavy atom. The van der Waals surface area contributed by atoms with Crippen molar-refractivity contribution in [3.8, 4) is 0 Å². The van der Waals surface area contributed by atoms with Crippen LogP contribution in [0.15, 0.2) is 42.6 Å². The number of nitrogens with one attached hydrogen (secondary N) is 1. The van der Waals surface area contributed by atoms with Gasteiger partial charge in [0.05, 0.1) is 35.7 Å². The fourth-order valence-corrected chi connectivity index (χ4v) is 4.31. The van der Waals surface area contributed by atoms with Crippen LogP contribution in [0.25, 0.3) is 11.0 Å². The summed E-state index contributed by atoms with van der Waals surface area (Å²) < 4.78 is 7.64. The number of amides is 2. The second kappa shape index (κ2) is 8.20. The number of pyridine rings is 1. The minimum Gasteiger partial charge on any atom is -0.360 e. The molecule has 158 valence electrons. The largest absolute Gasteiger partial charge is 0.360 e. The highest BCUT2D eigenvalue weighted by atomic mass is 28.3. The molecule has 4 rings (SSSR count). The molecule has 0 aliphatic carbocycles. The van der Waals surface area contributed by atoms with Gasteiger partial charge in [-0.1, -0.05) is 50.0 Å². The number of carbonyl (C=O) groups excluding carboxylic acids is 1. The molecule has 1 aliphatic heterocycles. The lowest BCUT2D eigenvalue weighted by Gasteiger charge is -2.33. The van der Waals surface area contributed by atoms with Crippen molar-refractivity contribution in [2.24, 2.45) is 0 Å². The highest BCUT2D eigenvalue weighted by Crippen LogP contribution is 2.31. The third kappa shape index (κ3) is 4.39. The van der Waals surface area contributed by atoms with Gasteiger partial charge in [-0.2, -0.15) is 5.10 Å². The molecule has 1 N–H and O–H groups in total. The lowest BCUT2D eigenvalue weighted by Crippen LogP contribution is -2.40. The molecular weight excluding hydrogens is 394 g/mol. The van der Waals surface area contributed by atoms with E-state index in [1.165, 1.54) is 0 Å². The molecule has 1 aliphatic rings. The number of hydrogen-bond acceptors (Lipinski definition) is 4. The molecule has 0 unspecified atom stereocenters. The Hall–Kier alpha value is -2.71. The highest BCUT2D eigenvalue weighted by molar-refractivity contribution is 6.76. The van der Waals surface area contributed by atoms with E-state index in [1.807, 2.05) is 43.3 Å². The van der Waals surface area contributed by atoms with Gasteiger partial charge in [0.25, 0.3) is 0 Å². The summed E-state index contributed by atoms with van der Waals surface area (Å²) in [6.07, 6.45) is 1.76. The first-order chi connectivity index (χ1) is 14.3. The Morgan fingerprint density at radius 2 is 2.00 bits per heavy atom. The summed E-state index contributed by atoms with van der Waals surface area (Å²) in [6, 6.07) is 12.9. The van der Waals surface area contributed by atoms with Crippen molar-refractivity contribution in [1.82, 2.24) is 19.7 Å². The molecule has 0 spiro atoms. The van der Waals surface area contributed by atoms with Gasteiger partial charge >= 0.3 is 6.03 Å². The Bertz CT molecular complexity index is 1040. The van der Waals surface area contributed by atoms with Crippen LogP contribution in [-0.2, 0) is 18.0 Å². The number of carbonyl (C=O) groups is 1. The van der Waals surface area contributed by atoms with E-state index >= 15 is 0 Å². The summed E-state index contributed by atoms with van der Waals surface area (Å²) in [4.78, 5) is 19.4. The first kappa shape index (κ1) is 20.6. The number of anilines is 1. The summed E-state index contributed by atoms with van der Waals surface area (Å²) in [7, 11) is -1.12. The first-order valence-electron chi connectivity index (χ1n) is 10.4. The van der Waals surface area contributed by atoms with Crippen molar-refractivity contribution < 1.29 is 9.53 Å². The minimum atomic E-state index is -1.12. The van der Waals surface area contributed by atoms with Gasteiger partial charge in [0.15, 0.2) is 0 Å². The van der Waals surface area contributed by atoms with Crippen molar-refractivity contribution in [1.29, 1.82) is 0 Å². The second-order valence-corrected chi connectivity index (χ2v) is 14.6. The molecule has 0 saturated heterocycles. The molecule has 2 aromatic heterocycles. The van der Waals surface area contributed by atoms with E-state index in [1.54, 1.807) is 15.8 Å². The maximum Gasteiger partial charge on any atom is 0.322 e. The van der Waals surface area contributed by atoms with E-state index in [0.29, 0.717) is 13.3 Å². The van der Waals surface area contributed by atoms with E-state index in [2.05, 4.69) is 30.1 Å². The molecule has 0 radical (unpaired) electrons. The Kier molecular flexibility index (Phi) is 5.62. The molecule has 2 amide bonds. The van der Waals surface area contributed by atoms with Gasteiger partial charge in [-0.3, -0.25) is 0 Å². The molecule has 0 fully saturated rings.